The van der Waals surface area contributed by atoms with Crippen LogP contribution in [0.5, 0.6) is 0 Å². The average molecular weight is 281 g/mol. The van der Waals surface area contributed by atoms with Crippen LogP contribution in [0.2, 0.25) is 0 Å². The predicted molar refractivity (Wildman–Crippen MR) is 70.7 cm³/mol. The molecule has 0 aromatic heterocycles. The zero-order chi connectivity index (χ0) is 14.0. The molecule has 0 rings (SSSR count). The van der Waals surface area contributed by atoms with Gasteiger partial charge in [-0.15, -0.1) is 0 Å². The minimum absolute atomic E-state index is 0.167. The Kier molecular flexibility index (Phi) is 8.69. The van der Waals surface area contributed by atoms with E-state index in [2.05, 4.69) is 5.16 Å². The summed E-state index contributed by atoms with van der Waals surface area (Å²) in [6.07, 6.45) is 2.24. The Morgan fingerprint density at radius 2 is 2.06 bits per heavy atom. The van der Waals surface area contributed by atoms with Crippen molar-refractivity contribution in [3.8, 4) is 0 Å². The fraction of sp³-hybridized carbons (Fsp3) is 0.900. The van der Waals surface area contributed by atoms with Gasteiger partial charge in [0, 0.05) is 32.9 Å². The van der Waals surface area contributed by atoms with Crippen molar-refractivity contribution in [3.63, 3.8) is 0 Å². The lowest BCUT2D eigenvalue weighted by molar-refractivity contribution is 0.149. The lowest BCUT2D eigenvalue weighted by Gasteiger charge is -2.21. The van der Waals surface area contributed by atoms with Crippen LogP contribution in [0.4, 0.5) is 0 Å². The summed E-state index contributed by atoms with van der Waals surface area (Å²) in [5.41, 5.74) is 5.39. The molecule has 0 saturated carbocycles. The van der Waals surface area contributed by atoms with E-state index in [0.29, 0.717) is 39.1 Å². The molecule has 0 aliphatic rings. The summed E-state index contributed by atoms with van der Waals surface area (Å²) in [6.45, 7) is 2.52. The molecule has 0 aromatic rings. The number of ether oxygens (including phenoxy) is 1. The van der Waals surface area contributed by atoms with Crippen LogP contribution in [0.3, 0.4) is 0 Å². The van der Waals surface area contributed by atoms with Crippen molar-refractivity contribution >= 4 is 15.7 Å². The number of hydrogen-bond donors (Lipinski definition) is 2. The van der Waals surface area contributed by atoms with Crippen LogP contribution in [0.1, 0.15) is 12.8 Å². The SMILES string of the molecule is COCCN(CCCS(C)(=O)=O)CCC(N)=NO. The topological polar surface area (TPSA) is 105 Å². The monoisotopic (exact) mass is 281 g/mol. The summed E-state index contributed by atoms with van der Waals surface area (Å²) in [4.78, 5) is 2.03. The fourth-order valence-corrected chi connectivity index (χ4v) is 2.08. The molecule has 0 bridgehead atoms. The maximum absolute atomic E-state index is 11.0. The highest BCUT2D eigenvalue weighted by Gasteiger charge is 2.08. The average Bonchev–Trinajstić information content (AvgIpc) is 2.29. The van der Waals surface area contributed by atoms with Gasteiger partial charge in [0.15, 0.2) is 0 Å². The summed E-state index contributed by atoms with van der Waals surface area (Å²) in [5.74, 6) is 0.334. The maximum atomic E-state index is 11.0. The molecule has 0 aliphatic carbocycles. The highest BCUT2D eigenvalue weighted by molar-refractivity contribution is 7.90. The molecule has 0 amide bonds. The van der Waals surface area contributed by atoms with Gasteiger partial charge >= 0.3 is 0 Å². The van der Waals surface area contributed by atoms with Gasteiger partial charge in [0.25, 0.3) is 0 Å². The van der Waals surface area contributed by atoms with E-state index in [1.165, 1.54) is 6.26 Å². The van der Waals surface area contributed by atoms with Gasteiger partial charge in [0.1, 0.15) is 15.7 Å². The van der Waals surface area contributed by atoms with Crippen LogP contribution < -0.4 is 5.73 Å². The summed E-state index contributed by atoms with van der Waals surface area (Å²) >= 11 is 0. The van der Waals surface area contributed by atoms with Crippen molar-refractivity contribution < 1.29 is 18.4 Å². The van der Waals surface area contributed by atoms with E-state index in [0.717, 1.165) is 0 Å². The molecular weight excluding hydrogens is 258 g/mol. The highest BCUT2D eigenvalue weighted by Crippen LogP contribution is 1.97. The number of nitrogens with two attached hydrogens (primary N) is 1. The zero-order valence-electron chi connectivity index (χ0n) is 11.0. The first-order valence-corrected chi connectivity index (χ1v) is 7.80. The van der Waals surface area contributed by atoms with Crippen LogP contribution in [0.25, 0.3) is 0 Å². The minimum atomic E-state index is -2.92. The third-order valence-corrected chi connectivity index (χ3v) is 3.44. The van der Waals surface area contributed by atoms with Crippen LogP contribution in [0.15, 0.2) is 5.16 Å². The van der Waals surface area contributed by atoms with Gasteiger partial charge in [-0.25, -0.2) is 8.42 Å². The lowest BCUT2D eigenvalue weighted by Crippen LogP contribution is -2.32. The van der Waals surface area contributed by atoms with Crippen LogP contribution in [0, 0.1) is 0 Å². The molecule has 7 nitrogen and oxygen atoms in total. The zero-order valence-corrected chi connectivity index (χ0v) is 11.8. The first-order chi connectivity index (χ1) is 8.39. The Bertz CT molecular complexity index is 343. The second-order valence-corrected chi connectivity index (χ2v) is 6.42. The Hall–Kier alpha value is -0.860. The van der Waals surface area contributed by atoms with E-state index in [1.807, 2.05) is 4.90 Å². The van der Waals surface area contributed by atoms with Crippen molar-refractivity contribution in [2.45, 2.75) is 12.8 Å². The van der Waals surface area contributed by atoms with E-state index >= 15 is 0 Å². The normalized spacial score (nSPS) is 13.2. The second-order valence-electron chi connectivity index (χ2n) is 4.16. The van der Waals surface area contributed by atoms with Gasteiger partial charge in [-0.1, -0.05) is 5.16 Å². The molecule has 0 atom stereocenters. The Morgan fingerprint density at radius 1 is 1.39 bits per heavy atom. The van der Waals surface area contributed by atoms with E-state index in [-0.39, 0.29) is 11.6 Å². The van der Waals surface area contributed by atoms with Crippen molar-refractivity contribution in [2.75, 3.05) is 45.4 Å². The van der Waals surface area contributed by atoms with E-state index in [1.54, 1.807) is 7.11 Å². The number of sulfone groups is 1. The van der Waals surface area contributed by atoms with E-state index in [9.17, 15) is 8.42 Å². The number of oxime groups is 1. The number of amidine groups is 1. The van der Waals surface area contributed by atoms with Crippen molar-refractivity contribution in [3.05, 3.63) is 0 Å². The van der Waals surface area contributed by atoms with Crippen molar-refractivity contribution in [1.82, 2.24) is 4.90 Å². The molecule has 3 N–H and O–H groups in total. The summed E-state index contributed by atoms with van der Waals surface area (Å²) < 4.78 is 27.0. The Labute approximate surface area is 109 Å². The number of rotatable bonds is 10. The standard InChI is InChI=1S/C10H23N3O4S/c1-17-8-7-13(6-4-10(11)12-14)5-3-9-18(2,15)16/h14H,3-9H2,1-2H3,(H2,11,12). The van der Waals surface area contributed by atoms with Crippen molar-refractivity contribution in [1.29, 1.82) is 0 Å². The highest BCUT2D eigenvalue weighted by atomic mass is 32.2. The smallest absolute Gasteiger partial charge is 0.147 e. The Balaban J connectivity index is 4.06. The number of nitrogens with zero attached hydrogens (tertiary/aromatic N) is 2. The molecule has 0 aromatic carbocycles. The minimum Gasteiger partial charge on any atom is -0.409 e. The predicted octanol–water partition coefficient (Wildman–Crippen LogP) is -0.494. The van der Waals surface area contributed by atoms with Crippen LogP contribution in [-0.4, -0.2) is 69.7 Å². The Morgan fingerprint density at radius 3 is 2.56 bits per heavy atom. The van der Waals surface area contributed by atoms with Gasteiger partial charge in [0.2, 0.25) is 0 Å². The molecule has 0 unspecified atom stereocenters. The number of hydrogen-bond acceptors (Lipinski definition) is 6. The molecule has 108 valence electrons. The van der Waals surface area contributed by atoms with Crippen molar-refractivity contribution in [2.24, 2.45) is 10.9 Å². The molecule has 8 heteroatoms. The summed E-state index contributed by atoms with van der Waals surface area (Å²) in [7, 11) is -1.31. The first-order valence-electron chi connectivity index (χ1n) is 5.74. The van der Waals surface area contributed by atoms with Crippen LogP contribution >= 0.6 is 0 Å². The molecule has 0 spiro atoms. The van der Waals surface area contributed by atoms with Gasteiger partial charge < -0.3 is 20.6 Å². The van der Waals surface area contributed by atoms with Gasteiger partial charge in [-0.2, -0.15) is 0 Å². The lowest BCUT2D eigenvalue weighted by atomic mass is 10.3. The summed E-state index contributed by atoms with van der Waals surface area (Å²) in [5, 5.41) is 11.3. The maximum Gasteiger partial charge on any atom is 0.147 e. The van der Waals surface area contributed by atoms with Gasteiger partial charge in [-0.3, -0.25) is 0 Å². The molecule has 0 aliphatic heterocycles. The van der Waals surface area contributed by atoms with Gasteiger partial charge in [0.05, 0.1) is 12.4 Å². The van der Waals surface area contributed by atoms with E-state index < -0.39 is 9.84 Å². The molecule has 0 radical (unpaired) electrons. The quantitative estimate of drug-likeness (QED) is 0.242. The molecule has 0 saturated heterocycles. The van der Waals surface area contributed by atoms with Gasteiger partial charge in [-0.05, 0) is 13.0 Å². The third-order valence-electron chi connectivity index (χ3n) is 2.41. The largest absolute Gasteiger partial charge is 0.409 e. The fourth-order valence-electron chi connectivity index (χ4n) is 1.43. The number of methoxy groups -OCH3 is 1. The van der Waals surface area contributed by atoms with Crippen LogP contribution in [-0.2, 0) is 14.6 Å². The molecule has 0 fully saturated rings. The molecule has 18 heavy (non-hydrogen) atoms. The molecular formula is C10H23N3O4S. The first kappa shape index (κ1) is 17.1. The second kappa shape index (κ2) is 9.12. The third kappa shape index (κ3) is 10.3. The van der Waals surface area contributed by atoms with E-state index in [4.69, 9.17) is 15.7 Å². The summed E-state index contributed by atoms with van der Waals surface area (Å²) in [6, 6.07) is 0. The molecule has 0 heterocycles.